The maximum atomic E-state index is 12.4. The molecule has 1 aromatic heterocycles. The highest BCUT2D eigenvalue weighted by Crippen LogP contribution is 2.23. The molecular formula is C14H17N3O3S. The Morgan fingerprint density at radius 1 is 1.29 bits per heavy atom. The van der Waals surface area contributed by atoms with Crippen LogP contribution in [0.1, 0.15) is 5.56 Å². The van der Waals surface area contributed by atoms with E-state index in [2.05, 4.69) is 15.0 Å². The van der Waals surface area contributed by atoms with Crippen molar-refractivity contribution in [3.63, 3.8) is 0 Å². The van der Waals surface area contributed by atoms with Crippen LogP contribution in [0.5, 0.6) is 5.75 Å². The lowest BCUT2D eigenvalue weighted by atomic mass is 10.2. The number of methoxy groups -OCH3 is 1. The van der Waals surface area contributed by atoms with Crippen LogP contribution in [0.15, 0.2) is 47.6 Å². The molecule has 0 fully saturated rings. The Labute approximate surface area is 124 Å². The van der Waals surface area contributed by atoms with Crippen molar-refractivity contribution in [3.8, 4) is 5.75 Å². The van der Waals surface area contributed by atoms with E-state index in [1.807, 2.05) is 0 Å². The van der Waals surface area contributed by atoms with Gasteiger partial charge >= 0.3 is 0 Å². The molecule has 112 valence electrons. The summed E-state index contributed by atoms with van der Waals surface area (Å²) >= 11 is 0. The largest absolute Gasteiger partial charge is 0.496 e. The van der Waals surface area contributed by atoms with Gasteiger partial charge < -0.3 is 10.1 Å². The highest BCUT2D eigenvalue weighted by atomic mass is 32.2. The summed E-state index contributed by atoms with van der Waals surface area (Å²) in [4.78, 5) is 4.06. The molecule has 0 saturated heterocycles. The molecule has 2 aromatic rings. The average Bonchev–Trinajstić information content (AvgIpc) is 2.48. The van der Waals surface area contributed by atoms with Gasteiger partial charge in [0.05, 0.1) is 23.9 Å². The number of benzene rings is 1. The monoisotopic (exact) mass is 307 g/mol. The van der Waals surface area contributed by atoms with Crippen molar-refractivity contribution in [1.29, 1.82) is 0 Å². The number of sulfonamides is 1. The Morgan fingerprint density at radius 3 is 2.71 bits per heavy atom. The molecule has 0 amide bonds. The van der Waals surface area contributed by atoms with Gasteiger partial charge in [-0.2, -0.15) is 0 Å². The fourth-order valence-corrected chi connectivity index (χ4v) is 2.98. The van der Waals surface area contributed by atoms with Crippen molar-refractivity contribution in [2.24, 2.45) is 0 Å². The van der Waals surface area contributed by atoms with Crippen molar-refractivity contribution >= 4 is 15.7 Å². The normalized spacial score (nSPS) is 11.1. The average molecular weight is 307 g/mol. The zero-order valence-electron chi connectivity index (χ0n) is 11.8. The van der Waals surface area contributed by atoms with Crippen LogP contribution in [0.25, 0.3) is 0 Å². The Bertz CT molecular complexity index is 703. The van der Waals surface area contributed by atoms with Crippen molar-refractivity contribution in [1.82, 2.24) is 10.3 Å². The molecule has 21 heavy (non-hydrogen) atoms. The van der Waals surface area contributed by atoms with Gasteiger partial charge in [0.2, 0.25) is 0 Å². The molecule has 0 aliphatic rings. The van der Waals surface area contributed by atoms with Crippen LogP contribution in [0.2, 0.25) is 0 Å². The number of aromatic nitrogens is 1. The SMILES string of the molecule is CNCc1cc(S(=O)(=O)Nc2cccnc2)ccc1OC. The van der Waals surface area contributed by atoms with E-state index in [0.717, 1.165) is 5.56 Å². The lowest BCUT2D eigenvalue weighted by Gasteiger charge is -2.12. The lowest BCUT2D eigenvalue weighted by Crippen LogP contribution is -2.14. The maximum absolute atomic E-state index is 12.4. The fourth-order valence-electron chi connectivity index (χ4n) is 1.89. The predicted molar refractivity (Wildman–Crippen MR) is 80.8 cm³/mol. The zero-order chi connectivity index (χ0) is 15.3. The van der Waals surface area contributed by atoms with Crippen LogP contribution in [-0.4, -0.2) is 27.6 Å². The van der Waals surface area contributed by atoms with Crippen LogP contribution in [0.3, 0.4) is 0 Å². The van der Waals surface area contributed by atoms with Crippen molar-refractivity contribution in [2.75, 3.05) is 18.9 Å². The summed E-state index contributed by atoms with van der Waals surface area (Å²) in [6.07, 6.45) is 3.03. The number of nitrogens with one attached hydrogen (secondary N) is 2. The molecule has 0 bridgehead atoms. The van der Waals surface area contributed by atoms with Gasteiger partial charge in [0.1, 0.15) is 5.75 Å². The van der Waals surface area contributed by atoms with Gasteiger partial charge in [0.25, 0.3) is 10.0 Å². The number of anilines is 1. The van der Waals surface area contributed by atoms with Crippen LogP contribution < -0.4 is 14.8 Å². The van der Waals surface area contributed by atoms with Gasteiger partial charge in [-0.05, 0) is 37.4 Å². The number of rotatable bonds is 6. The molecule has 0 saturated carbocycles. The molecule has 0 radical (unpaired) electrons. The standard InChI is InChI=1S/C14H17N3O3S/c1-15-9-11-8-13(5-6-14(11)20-2)21(18,19)17-12-4-3-7-16-10-12/h3-8,10,15,17H,9H2,1-2H3. The molecule has 0 aliphatic carbocycles. The first-order chi connectivity index (χ1) is 10.1. The van der Waals surface area contributed by atoms with E-state index in [0.29, 0.717) is 18.0 Å². The summed E-state index contributed by atoms with van der Waals surface area (Å²) in [6.45, 7) is 0.513. The van der Waals surface area contributed by atoms with E-state index >= 15 is 0 Å². The smallest absolute Gasteiger partial charge is 0.261 e. The molecule has 1 heterocycles. The van der Waals surface area contributed by atoms with Gasteiger partial charge in [-0.25, -0.2) is 8.42 Å². The van der Waals surface area contributed by atoms with Crippen molar-refractivity contribution in [3.05, 3.63) is 48.3 Å². The number of hydrogen-bond acceptors (Lipinski definition) is 5. The topological polar surface area (TPSA) is 80.3 Å². The van der Waals surface area contributed by atoms with E-state index in [4.69, 9.17) is 4.74 Å². The summed E-state index contributed by atoms with van der Waals surface area (Å²) in [5.41, 5.74) is 1.19. The molecular weight excluding hydrogens is 290 g/mol. The van der Waals surface area contributed by atoms with Crippen LogP contribution in [0.4, 0.5) is 5.69 Å². The third-order valence-corrected chi connectivity index (χ3v) is 4.22. The fraction of sp³-hybridized carbons (Fsp3) is 0.214. The second kappa shape index (κ2) is 6.55. The summed E-state index contributed by atoms with van der Waals surface area (Å²) in [6, 6.07) is 8.05. The molecule has 0 unspecified atom stereocenters. The lowest BCUT2D eigenvalue weighted by molar-refractivity contribution is 0.408. The van der Waals surface area contributed by atoms with Gasteiger partial charge in [0, 0.05) is 18.3 Å². The van der Waals surface area contributed by atoms with Gasteiger partial charge in [0.15, 0.2) is 0 Å². The van der Waals surface area contributed by atoms with Crippen LogP contribution >= 0.6 is 0 Å². The van der Waals surface area contributed by atoms with E-state index in [-0.39, 0.29) is 4.90 Å². The van der Waals surface area contributed by atoms with Crippen LogP contribution in [-0.2, 0) is 16.6 Å². The Hall–Kier alpha value is -2.12. The van der Waals surface area contributed by atoms with E-state index in [1.165, 1.54) is 12.3 Å². The summed E-state index contributed by atoms with van der Waals surface area (Å²) in [7, 11) is -0.314. The summed E-state index contributed by atoms with van der Waals surface area (Å²) < 4.78 is 32.4. The van der Waals surface area contributed by atoms with Gasteiger partial charge in [-0.3, -0.25) is 9.71 Å². The second-order valence-corrected chi connectivity index (χ2v) is 6.03. The Balaban J connectivity index is 2.34. The highest BCUT2D eigenvalue weighted by Gasteiger charge is 2.16. The molecule has 7 heteroatoms. The molecule has 0 atom stereocenters. The Morgan fingerprint density at radius 2 is 2.10 bits per heavy atom. The predicted octanol–water partition coefficient (Wildman–Crippen LogP) is 1.61. The molecule has 0 aliphatic heterocycles. The van der Waals surface area contributed by atoms with Crippen molar-refractivity contribution in [2.45, 2.75) is 11.4 Å². The first kappa shape index (κ1) is 15.3. The number of hydrogen-bond donors (Lipinski definition) is 2. The van der Waals surface area contributed by atoms with Crippen molar-refractivity contribution < 1.29 is 13.2 Å². The zero-order valence-corrected chi connectivity index (χ0v) is 12.6. The highest BCUT2D eigenvalue weighted by molar-refractivity contribution is 7.92. The summed E-state index contributed by atoms with van der Waals surface area (Å²) in [5.74, 6) is 0.643. The quantitative estimate of drug-likeness (QED) is 0.847. The number of pyridine rings is 1. The third-order valence-electron chi connectivity index (χ3n) is 2.84. The van der Waals surface area contributed by atoms with Crippen LogP contribution in [0, 0.1) is 0 Å². The van der Waals surface area contributed by atoms with E-state index in [9.17, 15) is 8.42 Å². The Kier molecular flexibility index (Phi) is 4.77. The minimum absolute atomic E-state index is 0.178. The molecule has 1 aromatic carbocycles. The molecule has 2 rings (SSSR count). The summed E-state index contributed by atoms with van der Waals surface area (Å²) in [5, 5.41) is 2.98. The molecule has 0 spiro atoms. The minimum Gasteiger partial charge on any atom is -0.496 e. The number of nitrogens with zero attached hydrogens (tertiary/aromatic N) is 1. The molecule has 2 N–H and O–H groups in total. The van der Waals surface area contributed by atoms with E-state index in [1.54, 1.807) is 44.6 Å². The second-order valence-electron chi connectivity index (χ2n) is 4.35. The van der Waals surface area contributed by atoms with Gasteiger partial charge in [-0.1, -0.05) is 0 Å². The first-order valence-electron chi connectivity index (χ1n) is 6.31. The maximum Gasteiger partial charge on any atom is 0.261 e. The third kappa shape index (κ3) is 3.71. The van der Waals surface area contributed by atoms with E-state index < -0.39 is 10.0 Å². The molecule has 6 nitrogen and oxygen atoms in total. The van der Waals surface area contributed by atoms with Gasteiger partial charge in [-0.15, -0.1) is 0 Å². The first-order valence-corrected chi connectivity index (χ1v) is 7.79. The minimum atomic E-state index is -3.65. The number of ether oxygens (including phenoxy) is 1.